The second-order valence-corrected chi connectivity index (χ2v) is 7.16. The summed E-state index contributed by atoms with van der Waals surface area (Å²) in [6.07, 6.45) is 5.55. The Morgan fingerprint density at radius 1 is 0.958 bits per heavy atom. The quantitative estimate of drug-likeness (QED) is 0.553. The third kappa shape index (κ3) is 4.47. The van der Waals surface area contributed by atoms with Crippen LogP contribution in [0.2, 0.25) is 0 Å². The summed E-state index contributed by atoms with van der Waals surface area (Å²) in [5.41, 5.74) is 3.58. The van der Waals surface area contributed by atoms with E-state index in [1.54, 1.807) is 0 Å². The molecule has 0 unspecified atom stereocenters. The number of benzene rings is 2. The molecule has 0 heterocycles. The van der Waals surface area contributed by atoms with E-state index >= 15 is 0 Å². The smallest absolute Gasteiger partial charge is 0.315 e. The van der Waals surface area contributed by atoms with Crippen molar-refractivity contribution in [1.29, 1.82) is 0 Å². The molecule has 0 aromatic heterocycles. The van der Waals surface area contributed by atoms with Crippen molar-refractivity contribution < 1.29 is 9.53 Å². The van der Waals surface area contributed by atoms with Gasteiger partial charge < -0.3 is 4.74 Å². The zero-order valence-corrected chi connectivity index (χ0v) is 14.6. The molecule has 3 rings (SSSR count). The summed E-state index contributed by atoms with van der Waals surface area (Å²) in [6.45, 7) is 4.36. The van der Waals surface area contributed by atoms with Crippen molar-refractivity contribution in [2.24, 2.45) is 5.92 Å². The summed E-state index contributed by atoms with van der Waals surface area (Å²) in [5, 5.41) is 0. The van der Waals surface area contributed by atoms with E-state index in [1.807, 2.05) is 31.2 Å². The molecule has 24 heavy (non-hydrogen) atoms. The van der Waals surface area contributed by atoms with E-state index in [0.717, 1.165) is 17.0 Å². The van der Waals surface area contributed by atoms with E-state index in [0.29, 0.717) is 18.1 Å². The molecule has 2 aromatic carbocycles. The number of carbonyl (C=O) groups excluding carboxylic acids is 1. The summed E-state index contributed by atoms with van der Waals surface area (Å²) in [6, 6.07) is 16.1. The van der Waals surface area contributed by atoms with Crippen LogP contribution in [0.3, 0.4) is 0 Å². The van der Waals surface area contributed by atoms with Gasteiger partial charge in [0.25, 0.3) is 0 Å². The van der Waals surface area contributed by atoms with Gasteiger partial charge in [-0.2, -0.15) is 0 Å². The Balaban J connectivity index is 1.55. The Morgan fingerprint density at radius 2 is 1.58 bits per heavy atom. The normalized spacial score (nSPS) is 20.6. The summed E-state index contributed by atoms with van der Waals surface area (Å²) < 4.78 is 5.39. The Labute approximate surface area is 144 Å². The first-order valence-corrected chi connectivity index (χ1v) is 8.96. The highest BCUT2D eigenvalue weighted by atomic mass is 16.5. The van der Waals surface area contributed by atoms with Gasteiger partial charge in [-0.05, 0) is 54.9 Å². The molecule has 2 heteroatoms. The first kappa shape index (κ1) is 16.8. The van der Waals surface area contributed by atoms with Crippen LogP contribution in [0.15, 0.2) is 48.5 Å². The number of hydrogen-bond donors (Lipinski definition) is 0. The predicted octanol–water partition coefficient (Wildman–Crippen LogP) is 5.44. The monoisotopic (exact) mass is 322 g/mol. The minimum Gasteiger partial charge on any atom is -0.426 e. The average molecular weight is 322 g/mol. The Kier molecular flexibility index (Phi) is 5.34. The highest BCUT2D eigenvalue weighted by Crippen LogP contribution is 2.35. The van der Waals surface area contributed by atoms with Crippen LogP contribution < -0.4 is 4.74 Å². The van der Waals surface area contributed by atoms with Crippen molar-refractivity contribution in [3.05, 3.63) is 65.2 Å². The highest BCUT2D eigenvalue weighted by molar-refractivity contribution is 5.75. The minimum absolute atomic E-state index is 0.210. The fourth-order valence-corrected chi connectivity index (χ4v) is 3.44. The maximum absolute atomic E-state index is 12.1. The van der Waals surface area contributed by atoms with E-state index in [-0.39, 0.29) is 5.97 Å². The van der Waals surface area contributed by atoms with E-state index in [2.05, 4.69) is 31.2 Å². The van der Waals surface area contributed by atoms with Crippen molar-refractivity contribution in [3.8, 4) is 5.75 Å². The molecule has 0 saturated heterocycles. The van der Waals surface area contributed by atoms with Crippen molar-refractivity contribution in [2.75, 3.05) is 0 Å². The molecule has 1 saturated carbocycles. The summed E-state index contributed by atoms with van der Waals surface area (Å²) in [7, 11) is 0. The lowest BCUT2D eigenvalue weighted by Crippen LogP contribution is -2.12. The van der Waals surface area contributed by atoms with Gasteiger partial charge in [-0.25, -0.2) is 0 Å². The lowest BCUT2D eigenvalue weighted by atomic mass is 9.79. The molecule has 0 bridgehead atoms. The lowest BCUT2D eigenvalue weighted by molar-refractivity contribution is -0.133. The van der Waals surface area contributed by atoms with Crippen molar-refractivity contribution >= 4 is 5.97 Å². The van der Waals surface area contributed by atoms with E-state index in [4.69, 9.17) is 4.74 Å². The van der Waals surface area contributed by atoms with E-state index < -0.39 is 0 Å². The zero-order valence-electron chi connectivity index (χ0n) is 14.6. The van der Waals surface area contributed by atoms with Gasteiger partial charge in [0, 0.05) is 0 Å². The topological polar surface area (TPSA) is 26.3 Å². The molecule has 1 aliphatic carbocycles. The number of rotatable bonds is 4. The molecule has 1 fully saturated rings. The number of carbonyl (C=O) groups is 1. The number of aryl methyl sites for hydroxylation is 1. The standard InChI is InChI=1S/C22H26O2/c1-16-3-9-19(10-4-16)20-11-7-18(8-12-20)15-22(23)24-21-13-5-17(2)6-14-21/h5-8,11-14,16,19H,3-4,9-10,15H2,1-2H3. The van der Waals surface area contributed by atoms with Gasteiger partial charge in [0.15, 0.2) is 0 Å². The second kappa shape index (κ2) is 7.65. The number of hydrogen-bond acceptors (Lipinski definition) is 2. The summed E-state index contributed by atoms with van der Waals surface area (Å²) in [4.78, 5) is 12.1. The lowest BCUT2D eigenvalue weighted by Gasteiger charge is -2.26. The van der Waals surface area contributed by atoms with Gasteiger partial charge >= 0.3 is 5.97 Å². The third-order valence-electron chi connectivity index (χ3n) is 5.07. The highest BCUT2D eigenvalue weighted by Gasteiger charge is 2.19. The average Bonchev–Trinajstić information content (AvgIpc) is 2.58. The SMILES string of the molecule is Cc1ccc(OC(=O)Cc2ccc(C3CCC(C)CC3)cc2)cc1. The molecule has 1 aliphatic rings. The van der Waals surface area contributed by atoms with Gasteiger partial charge in [-0.15, -0.1) is 0 Å². The van der Waals surface area contributed by atoms with Crippen LogP contribution in [0.4, 0.5) is 0 Å². The number of ether oxygens (including phenoxy) is 1. The predicted molar refractivity (Wildman–Crippen MR) is 97.3 cm³/mol. The maximum Gasteiger partial charge on any atom is 0.315 e. The van der Waals surface area contributed by atoms with Gasteiger partial charge in [-0.3, -0.25) is 4.79 Å². The Bertz CT molecular complexity index is 662. The van der Waals surface area contributed by atoms with Crippen LogP contribution in [0.1, 0.15) is 55.2 Å². The molecular formula is C22H26O2. The fraction of sp³-hybridized carbons (Fsp3) is 0.409. The van der Waals surface area contributed by atoms with Gasteiger partial charge in [-0.1, -0.05) is 61.7 Å². The largest absolute Gasteiger partial charge is 0.426 e. The van der Waals surface area contributed by atoms with E-state index in [9.17, 15) is 4.79 Å². The van der Waals surface area contributed by atoms with E-state index in [1.165, 1.54) is 31.2 Å². The molecule has 0 N–H and O–H groups in total. The van der Waals surface area contributed by atoms with Crippen molar-refractivity contribution in [1.82, 2.24) is 0 Å². The molecule has 2 nitrogen and oxygen atoms in total. The molecular weight excluding hydrogens is 296 g/mol. The Hall–Kier alpha value is -2.09. The Morgan fingerprint density at radius 3 is 2.21 bits per heavy atom. The van der Waals surface area contributed by atoms with Crippen LogP contribution in [-0.4, -0.2) is 5.97 Å². The molecule has 0 atom stereocenters. The van der Waals surface area contributed by atoms with Crippen LogP contribution in [-0.2, 0) is 11.2 Å². The third-order valence-corrected chi connectivity index (χ3v) is 5.07. The maximum atomic E-state index is 12.1. The summed E-state index contributed by atoms with van der Waals surface area (Å²) >= 11 is 0. The van der Waals surface area contributed by atoms with Gasteiger partial charge in [0.2, 0.25) is 0 Å². The van der Waals surface area contributed by atoms with Crippen LogP contribution in [0, 0.1) is 12.8 Å². The van der Waals surface area contributed by atoms with Crippen LogP contribution in [0.5, 0.6) is 5.75 Å². The number of esters is 1. The molecule has 126 valence electrons. The van der Waals surface area contributed by atoms with Crippen LogP contribution >= 0.6 is 0 Å². The minimum atomic E-state index is -0.210. The molecule has 0 aliphatic heterocycles. The first-order chi connectivity index (χ1) is 11.6. The molecule has 0 amide bonds. The molecule has 0 spiro atoms. The zero-order chi connectivity index (χ0) is 16.9. The van der Waals surface area contributed by atoms with Crippen molar-refractivity contribution in [3.63, 3.8) is 0 Å². The molecule has 0 radical (unpaired) electrons. The first-order valence-electron chi connectivity index (χ1n) is 8.96. The van der Waals surface area contributed by atoms with Crippen LogP contribution in [0.25, 0.3) is 0 Å². The molecule has 2 aromatic rings. The fourth-order valence-electron chi connectivity index (χ4n) is 3.44. The van der Waals surface area contributed by atoms with Gasteiger partial charge in [0.05, 0.1) is 6.42 Å². The second-order valence-electron chi connectivity index (χ2n) is 7.16. The van der Waals surface area contributed by atoms with Gasteiger partial charge in [0.1, 0.15) is 5.75 Å². The van der Waals surface area contributed by atoms with Crippen molar-refractivity contribution in [2.45, 2.75) is 51.9 Å². The summed E-state index contributed by atoms with van der Waals surface area (Å²) in [5.74, 6) is 1.96.